The molecule has 1 aliphatic heterocycles. The minimum Gasteiger partial charge on any atom is -0.486 e. The zero-order valence-electron chi connectivity index (χ0n) is 18.1. The van der Waals surface area contributed by atoms with Gasteiger partial charge < -0.3 is 19.3 Å². The molecular formula is C23H34O6. The molecule has 0 spiro atoms. The van der Waals surface area contributed by atoms with E-state index in [0.29, 0.717) is 55.8 Å². The minimum absolute atomic E-state index is 0.0547. The molecule has 0 aromatic heterocycles. The molecule has 0 bridgehead atoms. The van der Waals surface area contributed by atoms with Crippen molar-refractivity contribution in [2.45, 2.75) is 84.3 Å². The normalized spacial score (nSPS) is 19.3. The van der Waals surface area contributed by atoms with Crippen molar-refractivity contribution in [3.63, 3.8) is 0 Å². The first-order chi connectivity index (χ1) is 13.9. The van der Waals surface area contributed by atoms with Gasteiger partial charge in [0, 0.05) is 12.2 Å². The van der Waals surface area contributed by atoms with Gasteiger partial charge in [-0.25, -0.2) is 4.79 Å². The standard InChI is InChI=1S/C23H34O6/c1-5-10-17-20(28-19(6-2)22(26)27-7-3)12-11-16-18(25)15-23(4,29-21(16)17)13-8-9-14-24/h11-12,19,24H,5-10,13-15H2,1-4H3. The number of unbranched alkanes of at least 4 members (excludes halogenated alkanes) is 1. The highest BCUT2D eigenvalue weighted by atomic mass is 16.6. The number of carbonyl (C=O) groups is 2. The third kappa shape index (κ3) is 5.72. The van der Waals surface area contributed by atoms with Gasteiger partial charge in [0.2, 0.25) is 0 Å². The van der Waals surface area contributed by atoms with Crippen LogP contribution in [0.15, 0.2) is 12.1 Å². The number of ketones is 1. The first-order valence-electron chi connectivity index (χ1n) is 10.7. The predicted octanol–water partition coefficient (Wildman–Crippen LogP) is 4.25. The summed E-state index contributed by atoms with van der Waals surface area (Å²) in [5.74, 6) is 0.809. The fraction of sp³-hybridized carbons (Fsp3) is 0.652. The number of rotatable bonds is 11. The van der Waals surface area contributed by atoms with Crippen molar-refractivity contribution >= 4 is 11.8 Å². The van der Waals surface area contributed by atoms with Gasteiger partial charge in [0.1, 0.15) is 17.1 Å². The Morgan fingerprint density at radius 3 is 2.66 bits per heavy atom. The van der Waals surface area contributed by atoms with Crippen LogP contribution in [0.25, 0.3) is 0 Å². The number of benzene rings is 1. The van der Waals surface area contributed by atoms with Crippen molar-refractivity contribution in [3.8, 4) is 11.5 Å². The second-order valence-corrected chi connectivity index (χ2v) is 7.77. The van der Waals surface area contributed by atoms with E-state index < -0.39 is 11.7 Å². The first-order valence-corrected chi connectivity index (χ1v) is 10.7. The molecule has 0 fully saturated rings. The van der Waals surface area contributed by atoms with Gasteiger partial charge in [-0.15, -0.1) is 0 Å². The van der Waals surface area contributed by atoms with E-state index in [4.69, 9.17) is 19.3 Å². The molecule has 0 saturated heterocycles. The largest absolute Gasteiger partial charge is 0.486 e. The van der Waals surface area contributed by atoms with E-state index in [-0.39, 0.29) is 18.4 Å². The van der Waals surface area contributed by atoms with Crippen LogP contribution < -0.4 is 9.47 Å². The fourth-order valence-corrected chi connectivity index (χ4v) is 3.70. The molecule has 0 aliphatic carbocycles. The highest BCUT2D eigenvalue weighted by Gasteiger charge is 2.38. The van der Waals surface area contributed by atoms with Gasteiger partial charge >= 0.3 is 5.97 Å². The van der Waals surface area contributed by atoms with Gasteiger partial charge in [-0.1, -0.05) is 20.3 Å². The Morgan fingerprint density at radius 1 is 1.28 bits per heavy atom. The average Bonchev–Trinajstić information content (AvgIpc) is 2.67. The Bertz CT molecular complexity index is 714. The lowest BCUT2D eigenvalue weighted by atomic mass is 9.86. The average molecular weight is 407 g/mol. The van der Waals surface area contributed by atoms with E-state index in [1.54, 1.807) is 19.1 Å². The van der Waals surface area contributed by atoms with Crippen molar-refractivity contribution in [2.24, 2.45) is 0 Å². The van der Waals surface area contributed by atoms with Gasteiger partial charge in [-0.05, 0) is 58.1 Å². The maximum absolute atomic E-state index is 12.8. The number of esters is 1. The summed E-state index contributed by atoms with van der Waals surface area (Å²) in [6.07, 6.45) is 3.80. The Hall–Kier alpha value is -2.08. The number of ether oxygens (including phenoxy) is 3. The molecule has 6 nitrogen and oxygen atoms in total. The molecule has 2 rings (SSSR count). The molecular weight excluding hydrogens is 372 g/mol. The summed E-state index contributed by atoms with van der Waals surface area (Å²) < 4.78 is 17.5. The molecule has 2 unspecified atom stereocenters. The predicted molar refractivity (Wildman–Crippen MR) is 111 cm³/mol. The molecule has 1 aliphatic rings. The first kappa shape index (κ1) is 23.2. The molecule has 29 heavy (non-hydrogen) atoms. The maximum atomic E-state index is 12.8. The number of aliphatic hydroxyl groups excluding tert-OH is 1. The summed E-state index contributed by atoms with van der Waals surface area (Å²) in [4.78, 5) is 25.0. The number of fused-ring (bicyclic) bond motifs is 1. The third-order valence-electron chi connectivity index (χ3n) is 5.20. The van der Waals surface area contributed by atoms with Crippen LogP contribution in [-0.2, 0) is 16.0 Å². The second kappa shape index (κ2) is 10.6. The van der Waals surface area contributed by atoms with Gasteiger partial charge in [0.25, 0.3) is 0 Å². The molecule has 6 heteroatoms. The highest BCUT2D eigenvalue weighted by molar-refractivity contribution is 6.01. The molecule has 1 heterocycles. The molecule has 162 valence electrons. The van der Waals surface area contributed by atoms with E-state index in [1.807, 2.05) is 13.8 Å². The Morgan fingerprint density at radius 2 is 2.03 bits per heavy atom. The Labute approximate surface area is 173 Å². The van der Waals surface area contributed by atoms with Crippen LogP contribution in [0.3, 0.4) is 0 Å². The highest BCUT2D eigenvalue weighted by Crippen LogP contribution is 2.42. The lowest BCUT2D eigenvalue weighted by Gasteiger charge is -2.36. The summed E-state index contributed by atoms with van der Waals surface area (Å²) in [5, 5.41) is 9.07. The van der Waals surface area contributed by atoms with Gasteiger partial charge in [0.05, 0.1) is 18.6 Å². The summed E-state index contributed by atoms with van der Waals surface area (Å²) in [6.45, 7) is 8.07. The van der Waals surface area contributed by atoms with Crippen molar-refractivity contribution in [2.75, 3.05) is 13.2 Å². The topological polar surface area (TPSA) is 82.1 Å². The van der Waals surface area contributed by atoms with E-state index in [9.17, 15) is 9.59 Å². The van der Waals surface area contributed by atoms with Crippen LogP contribution in [0.5, 0.6) is 11.5 Å². The smallest absolute Gasteiger partial charge is 0.347 e. The SMILES string of the molecule is CCCc1c(OC(CC)C(=O)OCC)ccc2c1OC(C)(CCCCO)CC2=O. The fourth-order valence-electron chi connectivity index (χ4n) is 3.70. The monoisotopic (exact) mass is 406 g/mol. The van der Waals surface area contributed by atoms with Crippen molar-refractivity contribution < 1.29 is 28.9 Å². The van der Waals surface area contributed by atoms with Gasteiger partial charge in [-0.2, -0.15) is 0 Å². The van der Waals surface area contributed by atoms with Crippen LogP contribution >= 0.6 is 0 Å². The molecule has 0 amide bonds. The van der Waals surface area contributed by atoms with E-state index in [2.05, 4.69) is 6.92 Å². The van der Waals surface area contributed by atoms with Gasteiger partial charge in [-0.3, -0.25) is 4.79 Å². The Balaban J connectivity index is 2.37. The number of carbonyl (C=O) groups excluding carboxylic acids is 2. The van der Waals surface area contributed by atoms with Crippen LogP contribution in [0, 0.1) is 0 Å². The lowest BCUT2D eigenvalue weighted by molar-refractivity contribution is -0.151. The summed E-state index contributed by atoms with van der Waals surface area (Å²) in [6, 6.07) is 3.50. The molecule has 2 atom stereocenters. The zero-order valence-corrected chi connectivity index (χ0v) is 18.1. The maximum Gasteiger partial charge on any atom is 0.347 e. The van der Waals surface area contributed by atoms with E-state index >= 15 is 0 Å². The molecule has 1 N–H and O–H groups in total. The second-order valence-electron chi connectivity index (χ2n) is 7.77. The van der Waals surface area contributed by atoms with E-state index in [0.717, 1.165) is 18.4 Å². The molecule has 1 aromatic carbocycles. The van der Waals surface area contributed by atoms with Crippen molar-refractivity contribution in [1.29, 1.82) is 0 Å². The molecule has 0 saturated carbocycles. The Kier molecular flexibility index (Phi) is 8.50. The number of aliphatic hydroxyl groups is 1. The van der Waals surface area contributed by atoms with Crippen LogP contribution in [0.1, 0.15) is 82.1 Å². The summed E-state index contributed by atoms with van der Waals surface area (Å²) in [5.41, 5.74) is 0.796. The van der Waals surface area contributed by atoms with Crippen LogP contribution in [-0.4, -0.2) is 41.8 Å². The van der Waals surface area contributed by atoms with Crippen molar-refractivity contribution in [3.05, 3.63) is 23.3 Å². The molecule has 0 radical (unpaired) electrons. The summed E-state index contributed by atoms with van der Waals surface area (Å²) in [7, 11) is 0. The number of hydrogen-bond donors (Lipinski definition) is 1. The van der Waals surface area contributed by atoms with Gasteiger partial charge in [0.15, 0.2) is 11.9 Å². The third-order valence-corrected chi connectivity index (χ3v) is 5.20. The molecule has 1 aromatic rings. The number of hydrogen-bond acceptors (Lipinski definition) is 6. The van der Waals surface area contributed by atoms with E-state index in [1.165, 1.54) is 0 Å². The zero-order chi connectivity index (χ0) is 21.4. The summed E-state index contributed by atoms with van der Waals surface area (Å²) >= 11 is 0. The van der Waals surface area contributed by atoms with Crippen LogP contribution in [0.4, 0.5) is 0 Å². The lowest BCUT2D eigenvalue weighted by Crippen LogP contribution is -2.39. The number of Topliss-reactive ketones (excluding diaryl/α,β-unsaturated/α-hetero) is 1. The minimum atomic E-state index is -0.696. The van der Waals surface area contributed by atoms with Crippen molar-refractivity contribution in [1.82, 2.24) is 0 Å². The van der Waals surface area contributed by atoms with Crippen LogP contribution in [0.2, 0.25) is 0 Å². The quantitative estimate of drug-likeness (QED) is 0.437.